The summed E-state index contributed by atoms with van der Waals surface area (Å²) in [5, 5.41) is 0. The number of likely N-dealkylation sites (tertiary alicyclic amines) is 1. The van der Waals surface area contributed by atoms with Gasteiger partial charge in [0.05, 0.1) is 13.2 Å². The number of rotatable bonds is 3. The van der Waals surface area contributed by atoms with Crippen molar-refractivity contribution in [1.82, 2.24) is 4.90 Å². The van der Waals surface area contributed by atoms with E-state index in [0.29, 0.717) is 6.54 Å². The monoisotopic (exact) mass is 220 g/mol. The van der Waals surface area contributed by atoms with Crippen LogP contribution < -0.4 is 10.5 Å². The number of amides is 1. The third kappa shape index (κ3) is 1.55. The summed E-state index contributed by atoms with van der Waals surface area (Å²) in [6.45, 7) is 2.64. The first-order chi connectivity index (χ1) is 7.69. The van der Waals surface area contributed by atoms with Crippen LogP contribution in [0, 0.1) is 0 Å². The first kappa shape index (κ1) is 11.0. The number of nitrogens with two attached hydrogens (primary N) is 1. The average Bonchev–Trinajstić information content (AvgIpc) is 2.34. The van der Waals surface area contributed by atoms with Crippen molar-refractivity contribution < 1.29 is 9.53 Å². The third-order valence-corrected chi connectivity index (χ3v) is 3.02. The topological polar surface area (TPSA) is 55.6 Å². The standard InChI is InChI=1S/C12H16N2O2/c1-3-14-11(10(13)12(14)15)8-5-4-6-9(7-8)16-2/h4-7,10-11H,3,13H2,1-2H3. The van der Waals surface area contributed by atoms with Crippen LogP contribution in [0.2, 0.25) is 0 Å². The smallest absolute Gasteiger partial charge is 0.242 e. The number of carbonyl (C=O) groups excluding carboxylic acids is 1. The highest BCUT2D eigenvalue weighted by molar-refractivity contribution is 5.89. The van der Waals surface area contributed by atoms with E-state index in [9.17, 15) is 4.79 Å². The molecule has 1 saturated heterocycles. The number of hydrogen-bond acceptors (Lipinski definition) is 3. The molecule has 1 heterocycles. The van der Waals surface area contributed by atoms with Gasteiger partial charge in [0, 0.05) is 6.54 Å². The molecule has 1 aromatic rings. The Morgan fingerprint density at radius 3 is 2.88 bits per heavy atom. The predicted octanol–water partition coefficient (Wildman–Crippen LogP) is 0.926. The highest BCUT2D eigenvalue weighted by atomic mass is 16.5. The largest absolute Gasteiger partial charge is 0.497 e. The van der Waals surface area contributed by atoms with Gasteiger partial charge in [-0.05, 0) is 24.6 Å². The van der Waals surface area contributed by atoms with Crippen molar-refractivity contribution in [3.8, 4) is 5.75 Å². The maximum atomic E-state index is 11.5. The number of nitrogens with zero attached hydrogens (tertiary/aromatic N) is 1. The van der Waals surface area contributed by atoms with Crippen molar-refractivity contribution in [3.63, 3.8) is 0 Å². The lowest BCUT2D eigenvalue weighted by molar-refractivity contribution is -0.149. The van der Waals surface area contributed by atoms with E-state index >= 15 is 0 Å². The molecule has 4 heteroatoms. The van der Waals surface area contributed by atoms with Crippen molar-refractivity contribution in [2.45, 2.75) is 19.0 Å². The SMILES string of the molecule is CCN1C(=O)C(N)C1c1cccc(OC)c1. The summed E-state index contributed by atoms with van der Waals surface area (Å²) >= 11 is 0. The number of ether oxygens (including phenoxy) is 1. The van der Waals surface area contributed by atoms with Crippen molar-refractivity contribution in [2.24, 2.45) is 5.73 Å². The van der Waals surface area contributed by atoms with Gasteiger partial charge in [-0.3, -0.25) is 4.79 Å². The van der Waals surface area contributed by atoms with E-state index in [1.807, 2.05) is 31.2 Å². The number of methoxy groups -OCH3 is 1. The molecule has 1 amide bonds. The molecule has 16 heavy (non-hydrogen) atoms. The Hall–Kier alpha value is -1.55. The van der Waals surface area contributed by atoms with Crippen LogP contribution in [-0.2, 0) is 4.79 Å². The molecule has 86 valence electrons. The van der Waals surface area contributed by atoms with Gasteiger partial charge in [0.25, 0.3) is 0 Å². The van der Waals surface area contributed by atoms with Crippen LogP contribution in [0.5, 0.6) is 5.75 Å². The van der Waals surface area contributed by atoms with E-state index in [2.05, 4.69) is 0 Å². The van der Waals surface area contributed by atoms with E-state index in [0.717, 1.165) is 11.3 Å². The summed E-state index contributed by atoms with van der Waals surface area (Å²) in [6, 6.07) is 7.28. The summed E-state index contributed by atoms with van der Waals surface area (Å²) < 4.78 is 5.16. The summed E-state index contributed by atoms with van der Waals surface area (Å²) in [4.78, 5) is 13.3. The first-order valence-electron chi connectivity index (χ1n) is 5.39. The van der Waals surface area contributed by atoms with Crippen molar-refractivity contribution in [3.05, 3.63) is 29.8 Å². The highest BCUT2D eigenvalue weighted by Crippen LogP contribution is 2.34. The molecule has 2 atom stereocenters. The van der Waals surface area contributed by atoms with Crippen LogP contribution >= 0.6 is 0 Å². The quantitative estimate of drug-likeness (QED) is 0.771. The van der Waals surface area contributed by atoms with Crippen molar-refractivity contribution in [1.29, 1.82) is 0 Å². The van der Waals surface area contributed by atoms with Crippen LogP contribution in [0.4, 0.5) is 0 Å². The van der Waals surface area contributed by atoms with Gasteiger partial charge in [-0.15, -0.1) is 0 Å². The average molecular weight is 220 g/mol. The molecular formula is C12H16N2O2. The zero-order valence-corrected chi connectivity index (χ0v) is 9.51. The fraction of sp³-hybridized carbons (Fsp3) is 0.417. The molecular weight excluding hydrogens is 204 g/mol. The molecule has 2 unspecified atom stereocenters. The molecule has 1 aliphatic rings. The lowest BCUT2D eigenvalue weighted by Crippen LogP contribution is -2.62. The lowest BCUT2D eigenvalue weighted by atomic mass is 9.89. The van der Waals surface area contributed by atoms with Crippen LogP contribution in [0.1, 0.15) is 18.5 Å². The van der Waals surface area contributed by atoms with Crippen LogP contribution in [0.15, 0.2) is 24.3 Å². The molecule has 1 aliphatic heterocycles. The number of hydrogen-bond donors (Lipinski definition) is 1. The molecule has 1 fully saturated rings. The molecule has 0 spiro atoms. The second-order valence-corrected chi connectivity index (χ2v) is 3.87. The van der Waals surface area contributed by atoms with Gasteiger partial charge < -0.3 is 15.4 Å². The van der Waals surface area contributed by atoms with Gasteiger partial charge in [-0.25, -0.2) is 0 Å². The molecule has 0 radical (unpaired) electrons. The molecule has 1 aromatic carbocycles. The fourth-order valence-electron chi connectivity index (χ4n) is 2.14. The first-order valence-corrected chi connectivity index (χ1v) is 5.39. The summed E-state index contributed by atoms with van der Waals surface area (Å²) in [5.74, 6) is 0.815. The van der Waals surface area contributed by atoms with E-state index in [4.69, 9.17) is 10.5 Å². The van der Waals surface area contributed by atoms with Gasteiger partial charge in [-0.2, -0.15) is 0 Å². The Bertz CT molecular complexity index is 406. The lowest BCUT2D eigenvalue weighted by Gasteiger charge is -2.45. The Labute approximate surface area is 95.0 Å². The number of carbonyl (C=O) groups is 1. The van der Waals surface area contributed by atoms with Crippen molar-refractivity contribution >= 4 is 5.91 Å². The Morgan fingerprint density at radius 1 is 1.50 bits per heavy atom. The fourth-order valence-corrected chi connectivity index (χ4v) is 2.14. The molecule has 0 aliphatic carbocycles. The molecule has 4 nitrogen and oxygen atoms in total. The van der Waals surface area contributed by atoms with Gasteiger partial charge in [0.1, 0.15) is 11.8 Å². The van der Waals surface area contributed by atoms with E-state index in [1.54, 1.807) is 12.0 Å². The second-order valence-electron chi connectivity index (χ2n) is 3.87. The highest BCUT2D eigenvalue weighted by Gasteiger charge is 2.44. The summed E-state index contributed by atoms with van der Waals surface area (Å²) in [6.07, 6.45) is 0. The minimum atomic E-state index is -0.410. The van der Waals surface area contributed by atoms with Crippen LogP contribution in [0.25, 0.3) is 0 Å². The minimum absolute atomic E-state index is 0.00685. The van der Waals surface area contributed by atoms with Gasteiger partial charge >= 0.3 is 0 Å². The summed E-state index contributed by atoms with van der Waals surface area (Å²) in [7, 11) is 1.63. The Balaban J connectivity index is 2.26. The zero-order chi connectivity index (χ0) is 11.7. The summed E-state index contributed by atoms with van der Waals surface area (Å²) in [5.41, 5.74) is 6.86. The normalized spacial score (nSPS) is 24.2. The molecule has 2 N–H and O–H groups in total. The predicted molar refractivity (Wildman–Crippen MR) is 61.1 cm³/mol. The number of likely N-dealkylation sites (N-methyl/N-ethyl adjacent to an activating group) is 1. The third-order valence-electron chi connectivity index (χ3n) is 3.02. The second kappa shape index (κ2) is 4.14. The van der Waals surface area contributed by atoms with E-state index in [1.165, 1.54) is 0 Å². The molecule has 0 aromatic heterocycles. The van der Waals surface area contributed by atoms with Crippen molar-refractivity contribution in [2.75, 3.05) is 13.7 Å². The minimum Gasteiger partial charge on any atom is -0.497 e. The van der Waals surface area contributed by atoms with Gasteiger partial charge in [0.2, 0.25) is 5.91 Å². The van der Waals surface area contributed by atoms with Gasteiger partial charge in [0.15, 0.2) is 0 Å². The molecule has 2 rings (SSSR count). The maximum absolute atomic E-state index is 11.5. The van der Waals surface area contributed by atoms with E-state index < -0.39 is 6.04 Å². The van der Waals surface area contributed by atoms with Crippen LogP contribution in [0.3, 0.4) is 0 Å². The van der Waals surface area contributed by atoms with Gasteiger partial charge in [-0.1, -0.05) is 12.1 Å². The molecule has 0 saturated carbocycles. The van der Waals surface area contributed by atoms with E-state index in [-0.39, 0.29) is 11.9 Å². The Kier molecular flexibility index (Phi) is 2.83. The zero-order valence-electron chi connectivity index (χ0n) is 9.51. The maximum Gasteiger partial charge on any atom is 0.242 e. The van der Waals surface area contributed by atoms with Crippen LogP contribution in [-0.4, -0.2) is 30.5 Å². The number of benzene rings is 1. The molecule has 0 bridgehead atoms. The Morgan fingerprint density at radius 2 is 2.25 bits per heavy atom. The number of β-lactam (4-membered cyclic amide) rings is 1.